The number of nitrogens with one attached hydrogen (secondary N) is 1. The quantitative estimate of drug-likeness (QED) is 0.539. The number of aryl methyl sites for hydroxylation is 3. The van der Waals surface area contributed by atoms with Crippen LogP contribution in [0.3, 0.4) is 0 Å². The zero-order chi connectivity index (χ0) is 15.9. The molecular weight excluding hydrogens is 284 g/mol. The van der Waals surface area contributed by atoms with Gasteiger partial charge >= 0.3 is 0 Å². The van der Waals surface area contributed by atoms with Crippen LogP contribution < -0.4 is 10.2 Å². The number of hydroxylamine groups is 1. The van der Waals surface area contributed by atoms with E-state index in [4.69, 9.17) is 9.94 Å². The molecule has 1 amide bonds. The largest absolute Gasteiger partial charge is 0.496 e. The molecule has 1 aromatic heterocycles. The summed E-state index contributed by atoms with van der Waals surface area (Å²) in [5.74, 6) is 0.510. The van der Waals surface area contributed by atoms with Gasteiger partial charge in [0.2, 0.25) is 5.91 Å². The highest BCUT2D eigenvalue weighted by Crippen LogP contribution is 2.23. The van der Waals surface area contributed by atoms with Crippen molar-refractivity contribution in [2.45, 2.75) is 25.8 Å². The highest BCUT2D eigenvalue weighted by molar-refractivity contribution is 5.74. The van der Waals surface area contributed by atoms with Crippen molar-refractivity contribution in [2.75, 3.05) is 7.11 Å². The molecule has 118 valence electrons. The fraction of sp³-hybridized carbons (Fsp3) is 0.312. The van der Waals surface area contributed by atoms with Crippen molar-refractivity contribution in [1.82, 2.24) is 10.0 Å². The normalized spacial score (nSPS) is 10.5. The number of aromatic nitrogens is 1. The van der Waals surface area contributed by atoms with Crippen LogP contribution in [-0.2, 0) is 24.2 Å². The van der Waals surface area contributed by atoms with Crippen LogP contribution >= 0.6 is 0 Å². The summed E-state index contributed by atoms with van der Waals surface area (Å²) in [5.41, 5.74) is 3.33. The Morgan fingerprint density at radius 2 is 2.00 bits per heavy atom. The first kappa shape index (κ1) is 15.9. The maximum Gasteiger partial charge on any atom is 0.243 e. The number of nitrogens with zero attached hydrogens (tertiary/aromatic N) is 1. The first-order valence-electron chi connectivity index (χ1n) is 7.07. The summed E-state index contributed by atoms with van der Waals surface area (Å²) in [6.45, 7) is 0.610. The molecule has 0 fully saturated rings. The molecule has 0 radical (unpaired) electrons. The average Bonchev–Trinajstić information content (AvgIpc) is 2.91. The van der Waals surface area contributed by atoms with Gasteiger partial charge in [0, 0.05) is 24.7 Å². The van der Waals surface area contributed by atoms with Gasteiger partial charge in [0.25, 0.3) is 0 Å². The number of rotatable bonds is 7. The summed E-state index contributed by atoms with van der Waals surface area (Å²) < 4.78 is 7.04. The second kappa shape index (κ2) is 7.51. The monoisotopic (exact) mass is 304 g/mol. The Kier molecular flexibility index (Phi) is 5.43. The van der Waals surface area contributed by atoms with Crippen molar-refractivity contribution in [3.63, 3.8) is 0 Å². The second-order valence-electron chi connectivity index (χ2n) is 4.95. The zero-order valence-electron chi connectivity index (χ0n) is 12.5. The maximum absolute atomic E-state index is 11.0. The Balaban J connectivity index is 1.99. The lowest BCUT2D eigenvalue weighted by atomic mass is 10.1. The van der Waals surface area contributed by atoms with E-state index in [1.54, 1.807) is 29.4 Å². The minimum atomic E-state index is -0.471. The summed E-state index contributed by atoms with van der Waals surface area (Å²) in [6.07, 6.45) is 3.01. The Morgan fingerprint density at radius 3 is 2.73 bits per heavy atom. The molecule has 0 saturated heterocycles. The van der Waals surface area contributed by atoms with Gasteiger partial charge in [-0.05, 0) is 30.5 Å². The van der Waals surface area contributed by atoms with E-state index in [1.807, 2.05) is 24.3 Å². The number of hydrogen-bond donors (Lipinski definition) is 3. The van der Waals surface area contributed by atoms with E-state index >= 15 is 0 Å². The van der Waals surface area contributed by atoms with Gasteiger partial charge in [-0.25, -0.2) is 5.48 Å². The minimum Gasteiger partial charge on any atom is -0.496 e. The first-order valence-corrected chi connectivity index (χ1v) is 7.07. The fourth-order valence-corrected chi connectivity index (χ4v) is 2.34. The third-order valence-corrected chi connectivity index (χ3v) is 3.58. The minimum absolute atomic E-state index is 0.126. The molecular formula is C16H20N2O4. The molecule has 6 heteroatoms. The topological polar surface area (TPSA) is 83.7 Å². The molecule has 0 saturated carbocycles. The number of para-hydroxylation sites is 1. The fourth-order valence-electron chi connectivity index (χ4n) is 2.34. The molecule has 2 rings (SSSR count). The smallest absolute Gasteiger partial charge is 0.243 e. The van der Waals surface area contributed by atoms with Gasteiger partial charge in [0.05, 0.1) is 7.11 Å². The van der Waals surface area contributed by atoms with Crippen LogP contribution in [0.25, 0.3) is 0 Å². The van der Waals surface area contributed by atoms with Crippen LogP contribution in [0, 0.1) is 0 Å². The van der Waals surface area contributed by atoms with Crippen LogP contribution in [0.5, 0.6) is 11.6 Å². The van der Waals surface area contributed by atoms with Crippen molar-refractivity contribution < 1.29 is 19.8 Å². The SMILES string of the molecule is COc1ccccc1CCn1ccc(CCC(=O)NO)c1O. The molecule has 0 atom stereocenters. The predicted octanol–water partition coefficient (Wildman–Crippen LogP) is 1.88. The van der Waals surface area contributed by atoms with Gasteiger partial charge in [-0.1, -0.05) is 18.2 Å². The number of amides is 1. The lowest BCUT2D eigenvalue weighted by Crippen LogP contribution is -2.18. The van der Waals surface area contributed by atoms with E-state index < -0.39 is 5.91 Å². The van der Waals surface area contributed by atoms with Crippen LogP contribution in [0.15, 0.2) is 36.5 Å². The van der Waals surface area contributed by atoms with Gasteiger partial charge in [0.15, 0.2) is 5.88 Å². The first-order chi connectivity index (χ1) is 10.7. The predicted molar refractivity (Wildman–Crippen MR) is 81.0 cm³/mol. The van der Waals surface area contributed by atoms with Crippen molar-refractivity contribution >= 4 is 5.91 Å². The number of carbonyl (C=O) groups is 1. The number of hydrogen-bond acceptors (Lipinski definition) is 4. The number of aromatic hydroxyl groups is 1. The molecule has 0 aliphatic heterocycles. The van der Waals surface area contributed by atoms with E-state index in [0.717, 1.165) is 17.7 Å². The zero-order valence-corrected chi connectivity index (χ0v) is 12.5. The lowest BCUT2D eigenvalue weighted by molar-refractivity contribution is -0.129. The van der Waals surface area contributed by atoms with Gasteiger partial charge < -0.3 is 14.4 Å². The average molecular weight is 304 g/mol. The summed E-state index contributed by atoms with van der Waals surface area (Å²) in [6, 6.07) is 9.55. The van der Waals surface area contributed by atoms with E-state index in [1.165, 1.54) is 0 Å². The molecule has 6 nitrogen and oxygen atoms in total. The van der Waals surface area contributed by atoms with Crippen molar-refractivity contribution in [2.24, 2.45) is 0 Å². The number of methoxy groups -OCH3 is 1. The van der Waals surface area contributed by atoms with Gasteiger partial charge in [0.1, 0.15) is 5.75 Å². The van der Waals surface area contributed by atoms with Crippen LogP contribution in [0.1, 0.15) is 17.5 Å². The number of benzene rings is 1. The summed E-state index contributed by atoms with van der Waals surface area (Å²) in [5, 5.41) is 18.6. The van der Waals surface area contributed by atoms with Crippen molar-refractivity contribution in [3.05, 3.63) is 47.7 Å². The highest BCUT2D eigenvalue weighted by atomic mass is 16.5. The highest BCUT2D eigenvalue weighted by Gasteiger charge is 2.10. The van der Waals surface area contributed by atoms with E-state index in [-0.39, 0.29) is 12.3 Å². The molecule has 1 heterocycles. The number of carbonyl (C=O) groups excluding carboxylic acids is 1. The third kappa shape index (κ3) is 3.79. The Bertz CT molecular complexity index is 637. The standard InChI is InChI=1S/C16H20N2O4/c1-22-14-5-3-2-4-12(14)8-10-18-11-9-13(16(18)20)6-7-15(19)17-21/h2-5,9,11,20-21H,6-8,10H2,1H3,(H,17,19). The number of ether oxygens (including phenoxy) is 1. The summed E-state index contributed by atoms with van der Waals surface area (Å²) >= 11 is 0. The molecule has 22 heavy (non-hydrogen) atoms. The van der Waals surface area contributed by atoms with Crippen molar-refractivity contribution in [1.29, 1.82) is 0 Å². The van der Waals surface area contributed by atoms with E-state index in [0.29, 0.717) is 18.5 Å². The lowest BCUT2D eigenvalue weighted by Gasteiger charge is -2.10. The van der Waals surface area contributed by atoms with Gasteiger partial charge in [-0.15, -0.1) is 0 Å². The Morgan fingerprint density at radius 1 is 1.23 bits per heavy atom. The van der Waals surface area contributed by atoms with E-state index in [2.05, 4.69) is 0 Å². The molecule has 0 aliphatic carbocycles. The third-order valence-electron chi connectivity index (χ3n) is 3.58. The van der Waals surface area contributed by atoms with Crippen molar-refractivity contribution in [3.8, 4) is 11.6 Å². The van der Waals surface area contributed by atoms with Crippen LogP contribution in [0.2, 0.25) is 0 Å². The summed E-state index contributed by atoms with van der Waals surface area (Å²) in [4.78, 5) is 11.0. The van der Waals surface area contributed by atoms with Gasteiger partial charge in [-0.3, -0.25) is 10.0 Å². The molecule has 1 aromatic carbocycles. The molecule has 0 spiro atoms. The van der Waals surface area contributed by atoms with Gasteiger partial charge in [-0.2, -0.15) is 0 Å². The maximum atomic E-state index is 11.0. The van der Waals surface area contributed by atoms with E-state index in [9.17, 15) is 9.90 Å². The Hall–Kier alpha value is -2.47. The van der Waals surface area contributed by atoms with Crippen LogP contribution in [0.4, 0.5) is 0 Å². The molecule has 3 N–H and O–H groups in total. The summed E-state index contributed by atoms with van der Waals surface area (Å²) in [7, 11) is 1.64. The molecule has 2 aromatic rings. The second-order valence-corrected chi connectivity index (χ2v) is 4.95. The molecule has 0 aliphatic rings. The Labute approximate surface area is 128 Å². The molecule has 0 unspecified atom stereocenters. The molecule has 0 bridgehead atoms. The van der Waals surface area contributed by atoms with Crippen LogP contribution in [-0.4, -0.2) is 27.9 Å².